The Balaban J connectivity index is 1.58. The van der Waals surface area contributed by atoms with Crippen LogP contribution in [0.4, 0.5) is 23.2 Å². The molecule has 4 rings (SSSR count). The second kappa shape index (κ2) is 6.99. The fourth-order valence-corrected chi connectivity index (χ4v) is 3.64. The zero-order valence-corrected chi connectivity index (χ0v) is 15.5. The van der Waals surface area contributed by atoms with Gasteiger partial charge in [-0.25, -0.2) is 9.18 Å². The number of aromatic carboxylic acids is 1. The van der Waals surface area contributed by atoms with E-state index in [0.717, 1.165) is 18.9 Å². The van der Waals surface area contributed by atoms with Crippen LogP contribution in [0.2, 0.25) is 0 Å². The highest BCUT2D eigenvalue weighted by molar-refractivity contribution is 5.93. The number of benzene rings is 1. The Morgan fingerprint density at radius 3 is 2.43 bits per heavy atom. The molecular formula is C19H17F4N3O4. The van der Waals surface area contributed by atoms with Crippen molar-refractivity contribution in [3.8, 4) is 0 Å². The molecule has 2 N–H and O–H groups in total. The van der Waals surface area contributed by atoms with E-state index < -0.39 is 34.9 Å². The van der Waals surface area contributed by atoms with Crippen molar-refractivity contribution in [3.05, 3.63) is 39.9 Å². The van der Waals surface area contributed by atoms with Gasteiger partial charge in [-0.15, -0.1) is 0 Å². The summed E-state index contributed by atoms with van der Waals surface area (Å²) in [6, 6.07) is 2.52. The maximum absolute atomic E-state index is 14.7. The quantitative estimate of drug-likeness (QED) is 0.715. The van der Waals surface area contributed by atoms with Gasteiger partial charge in [0.25, 0.3) is 0 Å². The van der Waals surface area contributed by atoms with Crippen LogP contribution in [-0.2, 0) is 4.79 Å². The van der Waals surface area contributed by atoms with E-state index in [9.17, 15) is 37.1 Å². The van der Waals surface area contributed by atoms with Crippen LogP contribution >= 0.6 is 0 Å². The summed E-state index contributed by atoms with van der Waals surface area (Å²) in [5, 5.41) is 11.0. The third-order valence-electron chi connectivity index (χ3n) is 5.38. The van der Waals surface area contributed by atoms with Gasteiger partial charge in [0, 0.05) is 43.2 Å². The van der Waals surface area contributed by atoms with Gasteiger partial charge in [-0.3, -0.25) is 9.59 Å². The number of halogens is 4. The normalized spacial score (nSPS) is 17.1. The lowest BCUT2D eigenvalue weighted by molar-refractivity contribution is -0.173. The Kier molecular flexibility index (Phi) is 4.70. The van der Waals surface area contributed by atoms with Gasteiger partial charge in [-0.2, -0.15) is 13.2 Å². The van der Waals surface area contributed by atoms with Crippen LogP contribution in [-0.4, -0.2) is 47.4 Å². The molecule has 1 saturated heterocycles. The van der Waals surface area contributed by atoms with Crippen LogP contribution in [0, 0.1) is 11.7 Å². The number of amides is 1. The molecule has 0 bridgehead atoms. The molecule has 0 radical (unpaired) electrons. The van der Waals surface area contributed by atoms with Crippen molar-refractivity contribution in [2.75, 3.05) is 24.5 Å². The Morgan fingerprint density at radius 2 is 1.87 bits per heavy atom. The molecule has 1 aromatic carbocycles. The molecule has 2 heterocycles. The van der Waals surface area contributed by atoms with E-state index >= 15 is 0 Å². The molecule has 2 aromatic rings. The third-order valence-corrected chi connectivity index (χ3v) is 5.38. The first kappa shape index (κ1) is 20.2. The number of nitrogens with one attached hydrogen (secondary N) is 1. The van der Waals surface area contributed by atoms with Crippen molar-refractivity contribution in [1.29, 1.82) is 0 Å². The van der Waals surface area contributed by atoms with Crippen molar-refractivity contribution in [2.45, 2.75) is 25.1 Å². The lowest BCUT2D eigenvalue weighted by atomic mass is 9.98. The van der Waals surface area contributed by atoms with E-state index in [1.807, 2.05) is 5.32 Å². The first-order valence-electron chi connectivity index (χ1n) is 9.28. The van der Waals surface area contributed by atoms with Crippen LogP contribution in [0.5, 0.6) is 0 Å². The average molecular weight is 427 g/mol. The van der Waals surface area contributed by atoms with E-state index in [1.165, 1.54) is 12.3 Å². The molecule has 11 heteroatoms. The number of aromatic nitrogens is 1. The summed E-state index contributed by atoms with van der Waals surface area (Å²) in [6.07, 6.45) is -2.05. The number of carbonyl (C=O) groups is 2. The molecule has 0 spiro atoms. The first-order valence-corrected chi connectivity index (χ1v) is 9.28. The molecule has 7 nitrogen and oxygen atoms in total. The van der Waals surface area contributed by atoms with Crippen molar-refractivity contribution < 1.29 is 32.3 Å². The fraction of sp³-hybridized carbons (Fsp3) is 0.421. The number of carboxylic acids is 1. The molecule has 1 saturated carbocycles. The van der Waals surface area contributed by atoms with Crippen LogP contribution in [0.1, 0.15) is 29.2 Å². The van der Waals surface area contributed by atoms with E-state index in [1.54, 1.807) is 9.47 Å². The van der Waals surface area contributed by atoms with Gasteiger partial charge in [-0.05, 0) is 25.0 Å². The predicted molar refractivity (Wildman–Crippen MR) is 98.2 cm³/mol. The molecule has 1 aromatic heterocycles. The third kappa shape index (κ3) is 3.59. The molecule has 30 heavy (non-hydrogen) atoms. The summed E-state index contributed by atoms with van der Waals surface area (Å²) in [5.41, 5.74) is -0.599. The number of carboxylic acid groups (broad SMARTS) is 1. The van der Waals surface area contributed by atoms with Gasteiger partial charge in [-0.1, -0.05) is 0 Å². The van der Waals surface area contributed by atoms with Gasteiger partial charge in [0.15, 0.2) is 0 Å². The number of anilines is 1. The molecule has 1 aliphatic carbocycles. The molecule has 1 amide bonds. The Hall–Kier alpha value is -3.11. The van der Waals surface area contributed by atoms with Crippen molar-refractivity contribution >= 4 is 28.5 Å². The Bertz CT molecular complexity index is 1100. The smallest absolute Gasteiger partial charge is 0.471 e. The highest BCUT2D eigenvalue weighted by Gasteiger charge is 2.39. The topological polar surface area (TPSA) is 91.6 Å². The Morgan fingerprint density at radius 1 is 1.20 bits per heavy atom. The first-order chi connectivity index (χ1) is 14.1. The lowest BCUT2D eigenvalue weighted by Gasteiger charge is -2.41. The zero-order valence-electron chi connectivity index (χ0n) is 15.5. The molecule has 2 aliphatic rings. The largest absolute Gasteiger partial charge is 0.477 e. The summed E-state index contributed by atoms with van der Waals surface area (Å²) in [4.78, 5) is 36.3. The molecule has 0 atom stereocenters. The van der Waals surface area contributed by atoms with E-state index in [4.69, 9.17) is 0 Å². The van der Waals surface area contributed by atoms with Gasteiger partial charge in [0.2, 0.25) is 5.43 Å². The number of hydrogen-bond acceptors (Lipinski definition) is 4. The second-order valence-corrected chi connectivity index (χ2v) is 7.62. The second-order valence-electron chi connectivity index (χ2n) is 7.62. The average Bonchev–Trinajstić information content (AvgIpc) is 3.45. The molecule has 0 unspecified atom stereocenters. The minimum atomic E-state index is -4.95. The SMILES string of the molecule is O=C(O)c1cn(C2CC2)c2cc(N3CC(CNC(=O)C(F)(F)F)C3)c(F)cc2c1=O. The predicted octanol–water partition coefficient (Wildman–Crippen LogP) is 2.29. The minimum absolute atomic E-state index is 0.0300. The fourth-order valence-electron chi connectivity index (χ4n) is 3.64. The minimum Gasteiger partial charge on any atom is -0.477 e. The number of alkyl halides is 3. The molecule has 1 aliphatic heterocycles. The lowest BCUT2D eigenvalue weighted by Crippen LogP contribution is -2.53. The van der Waals surface area contributed by atoms with Crippen LogP contribution in [0.25, 0.3) is 10.9 Å². The number of nitrogens with zero attached hydrogens (tertiary/aromatic N) is 2. The Labute approximate surface area is 166 Å². The highest BCUT2D eigenvalue weighted by Crippen LogP contribution is 2.38. The maximum Gasteiger partial charge on any atom is 0.471 e. The monoisotopic (exact) mass is 427 g/mol. The van der Waals surface area contributed by atoms with Crippen molar-refractivity contribution in [2.24, 2.45) is 5.92 Å². The number of hydrogen-bond donors (Lipinski definition) is 2. The molecule has 160 valence electrons. The summed E-state index contributed by atoms with van der Waals surface area (Å²) in [7, 11) is 0. The summed E-state index contributed by atoms with van der Waals surface area (Å²) in [5.74, 6) is -4.39. The van der Waals surface area contributed by atoms with Gasteiger partial charge < -0.3 is 19.9 Å². The molecular weight excluding hydrogens is 410 g/mol. The summed E-state index contributed by atoms with van der Waals surface area (Å²) >= 11 is 0. The zero-order chi connectivity index (χ0) is 21.8. The number of fused-ring (bicyclic) bond motifs is 1. The van der Waals surface area contributed by atoms with Gasteiger partial charge in [0.05, 0.1) is 11.2 Å². The number of carbonyl (C=O) groups excluding carboxylic acids is 1. The number of rotatable bonds is 5. The highest BCUT2D eigenvalue weighted by atomic mass is 19.4. The summed E-state index contributed by atoms with van der Waals surface area (Å²) in [6.45, 7) is 0.293. The van der Waals surface area contributed by atoms with Gasteiger partial charge >= 0.3 is 18.1 Å². The van der Waals surface area contributed by atoms with E-state index in [0.29, 0.717) is 5.52 Å². The van der Waals surface area contributed by atoms with E-state index in [2.05, 4.69) is 0 Å². The molecule has 2 fully saturated rings. The van der Waals surface area contributed by atoms with Crippen LogP contribution in [0.3, 0.4) is 0 Å². The van der Waals surface area contributed by atoms with Crippen LogP contribution < -0.4 is 15.6 Å². The van der Waals surface area contributed by atoms with Crippen molar-refractivity contribution in [1.82, 2.24) is 9.88 Å². The van der Waals surface area contributed by atoms with Crippen LogP contribution in [0.15, 0.2) is 23.1 Å². The summed E-state index contributed by atoms with van der Waals surface area (Å²) < 4.78 is 53.1. The standard InChI is InChI=1S/C19H17F4N3O4/c20-13-3-11-14(26(10-1-2-10)8-12(16(11)27)17(28)29)4-15(13)25-6-9(7-25)5-24-18(30)19(21,22)23/h3-4,8-10H,1-2,5-7H2,(H,24,30)(H,28,29). The van der Waals surface area contributed by atoms with Gasteiger partial charge in [0.1, 0.15) is 11.4 Å². The number of pyridine rings is 1. The maximum atomic E-state index is 14.7. The van der Waals surface area contributed by atoms with E-state index in [-0.39, 0.29) is 42.7 Å². The van der Waals surface area contributed by atoms with Crippen molar-refractivity contribution in [3.63, 3.8) is 0 Å².